The lowest BCUT2D eigenvalue weighted by atomic mass is 10.2. The Bertz CT molecular complexity index is 594. The predicted octanol–water partition coefficient (Wildman–Crippen LogP) is 1.13. The van der Waals surface area contributed by atoms with Crippen molar-refractivity contribution in [3.8, 4) is 0 Å². The number of oxime groups is 1. The van der Waals surface area contributed by atoms with Gasteiger partial charge in [0.05, 0.1) is 5.75 Å². The molecule has 0 heterocycles. The lowest BCUT2D eigenvalue weighted by molar-refractivity contribution is -0.121. The molecule has 1 N–H and O–H groups in total. The third-order valence-electron chi connectivity index (χ3n) is 2.24. The van der Waals surface area contributed by atoms with Gasteiger partial charge in [-0.2, -0.15) is 0 Å². The molecular weight excluding hydrogens is 292 g/mol. The van der Waals surface area contributed by atoms with Crippen LogP contribution in [0.5, 0.6) is 0 Å². The lowest BCUT2D eigenvalue weighted by Gasteiger charge is -2.11. The zero-order chi connectivity index (χ0) is 14.6. The lowest BCUT2D eigenvalue weighted by Crippen LogP contribution is -2.35. The van der Waals surface area contributed by atoms with E-state index in [1.54, 1.807) is 0 Å². The number of amides is 1. The van der Waals surface area contributed by atoms with Crippen molar-refractivity contribution in [2.45, 2.75) is 5.75 Å². The van der Waals surface area contributed by atoms with Crippen molar-refractivity contribution in [2.75, 3.05) is 14.1 Å². The Labute approximate surface area is 116 Å². The summed E-state index contributed by atoms with van der Waals surface area (Å²) < 4.78 is 24.0. The number of carbonyl (C=O) groups excluding carboxylic acids is 1. The number of hydrogen-bond donors (Lipinski definition) is 1. The molecule has 0 aliphatic heterocycles. The van der Waals surface area contributed by atoms with Crippen molar-refractivity contribution in [1.82, 2.24) is 4.90 Å². The van der Waals surface area contributed by atoms with Crippen LogP contribution in [0.25, 0.3) is 0 Å². The van der Waals surface area contributed by atoms with Crippen LogP contribution in [0.4, 0.5) is 0 Å². The van der Waals surface area contributed by atoms with E-state index < -0.39 is 26.5 Å². The molecule has 0 aromatic heterocycles. The number of carbonyl (C=O) groups is 1. The van der Waals surface area contributed by atoms with Gasteiger partial charge >= 0.3 is 0 Å². The Morgan fingerprint density at radius 2 is 1.84 bits per heavy atom. The van der Waals surface area contributed by atoms with E-state index in [9.17, 15) is 13.2 Å². The van der Waals surface area contributed by atoms with E-state index in [-0.39, 0.29) is 0 Å². The van der Waals surface area contributed by atoms with Crippen LogP contribution >= 0.6 is 11.6 Å². The van der Waals surface area contributed by atoms with Crippen LogP contribution in [0, 0.1) is 0 Å². The van der Waals surface area contributed by atoms with Gasteiger partial charge in [0.2, 0.25) is 9.84 Å². The second-order valence-electron chi connectivity index (χ2n) is 3.99. The first-order valence-corrected chi connectivity index (χ1v) is 7.22. The van der Waals surface area contributed by atoms with Crippen molar-refractivity contribution in [3.05, 3.63) is 34.9 Å². The highest BCUT2D eigenvalue weighted by Crippen LogP contribution is 2.13. The van der Waals surface area contributed by atoms with Crippen molar-refractivity contribution in [1.29, 1.82) is 0 Å². The highest BCUT2D eigenvalue weighted by molar-refractivity contribution is 8.07. The van der Waals surface area contributed by atoms with Gasteiger partial charge in [-0.15, -0.1) is 0 Å². The third kappa shape index (κ3) is 3.93. The zero-order valence-corrected chi connectivity index (χ0v) is 11.9. The van der Waals surface area contributed by atoms with Gasteiger partial charge in [-0.3, -0.25) is 4.79 Å². The average Bonchev–Trinajstić information content (AvgIpc) is 2.32. The molecule has 1 aromatic rings. The molecule has 0 saturated carbocycles. The van der Waals surface area contributed by atoms with Crippen LogP contribution < -0.4 is 0 Å². The van der Waals surface area contributed by atoms with E-state index in [2.05, 4.69) is 5.16 Å². The Kier molecular flexibility index (Phi) is 4.90. The fourth-order valence-corrected chi connectivity index (χ4v) is 2.76. The van der Waals surface area contributed by atoms with E-state index in [4.69, 9.17) is 16.8 Å². The molecule has 0 unspecified atom stereocenters. The molecule has 1 rings (SSSR count). The van der Waals surface area contributed by atoms with Gasteiger partial charge in [-0.1, -0.05) is 28.9 Å². The SMILES string of the molecule is CN(C)C(=O)C(=NO)S(=O)(=O)Cc1ccc(Cl)cc1. The van der Waals surface area contributed by atoms with E-state index in [1.165, 1.54) is 38.4 Å². The fraction of sp³-hybridized carbons (Fsp3) is 0.273. The van der Waals surface area contributed by atoms with Crippen molar-refractivity contribution < 1.29 is 18.4 Å². The number of nitrogens with zero attached hydrogens (tertiary/aromatic N) is 2. The van der Waals surface area contributed by atoms with E-state index >= 15 is 0 Å². The highest BCUT2D eigenvalue weighted by Gasteiger charge is 2.29. The Hall–Kier alpha value is -1.60. The normalized spacial score (nSPS) is 12.3. The smallest absolute Gasteiger partial charge is 0.287 e. The number of sulfone groups is 1. The molecule has 6 nitrogen and oxygen atoms in total. The molecular formula is C11H13ClN2O4S. The molecule has 0 aliphatic carbocycles. The maximum atomic E-state index is 12.0. The molecule has 104 valence electrons. The van der Waals surface area contributed by atoms with Crippen LogP contribution in [0.1, 0.15) is 5.56 Å². The number of halogens is 1. The van der Waals surface area contributed by atoms with Crippen molar-refractivity contribution >= 4 is 32.4 Å². The van der Waals surface area contributed by atoms with Gasteiger partial charge in [-0.05, 0) is 17.7 Å². The average molecular weight is 305 g/mol. The molecule has 1 aromatic carbocycles. The maximum Gasteiger partial charge on any atom is 0.287 e. The predicted molar refractivity (Wildman–Crippen MR) is 72.0 cm³/mol. The largest absolute Gasteiger partial charge is 0.410 e. The third-order valence-corrected chi connectivity index (χ3v) is 4.06. The first-order valence-electron chi connectivity index (χ1n) is 5.19. The second-order valence-corrected chi connectivity index (χ2v) is 6.33. The summed E-state index contributed by atoms with van der Waals surface area (Å²) in [6, 6.07) is 6.12. The summed E-state index contributed by atoms with van der Waals surface area (Å²) in [5, 5.41) is 10.9. The van der Waals surface area contributed by atoms with Gasteiger partial charge < -0.3 is 10.1 Å². The Morgan fingerprint density at radius 1 is 1.32 bits per heavy atom. The molecule has 0 fully saturated rings. The quantitative estimate of drug-likeness (QED) is 0.384. The molecule has 0 radical (unpaired) electrons. The monoisotopic (exact) mass is 304 g/mol. The summed E-state index contributed by atoms with van der Waals surface area (Å²) in [5.41, 5.74) is 0.442. The molecule has 0 atom stereocenters. The topological polar surface area (TPSA) is 87.0 Å². The minimum atomic E-state index is -4.02. The summed E-state index contributed by atoms with van der Waals surface area (Å²) >= 11 is 5.69. The fourth-order valence-electron chi connectivity index (χ4n) is 1.30. The van der Waals surface area contributed by atoms with Gasteiger partial charge in [0.15, 0.2) is 0 Å². The van der Waals surface area contributed by atoms with Crippen LogP contribution in [0.2, 0.25) is 5.02 Å². The molecule has 8 heteroatoms. The Balaban J connectivity index is 3.04. The highest BCUT2D eigenvalue weighted by atomic mass is 35.5. The molecule has 0 bridgehead atoms. The van der Waals surface area contributed by atoms with Crippen LogP contribution in [-0.4, -0.2) is 43.6 Å². The van der Waals surface area contributed by atoms with Gasteiger partial charge in [0.25, 0.3) is 11.0 Å². The summed E-state index contributed by atoms with van der Waals surface area (Å²) in [5.74, 6) is -1.32. The van der Waals surface area contributed by atoms with E-state index in [0.29, 0.717) is 10.6 Å². The Morgan fingerprint density at radius 3 is 2.26 bits per heavy atom. The van der Waals surface area contributed by atoms with Gasteiger partial charge in [0, 0.05) is 19.1 Å². The van der Waals surface area contributed by atoms with E-state index in [0.717, 1.165) is 4.90 Å². The van der Waals surface area contributed by atoms with Gasteiger partial charge in [-0.25, -0.2) is 8.42 Å². The van der Waals surface area contributed by atoms with E-state index in [1.807, 2.05) is 0 Å². The summed E-state index contributed by atoms with van der Waals surface area (Å²) in [7, 11) is -1.28. The second kappa shape index (κ2) is 6.03. The minimum absolute atomic E-state index is 0.441. The molecule has 0 spiro atoms. The molecule has 0 aliphatic rings. The number of hydrogen-bond acceptors (Lipinski definition) is 5. The van der Waals surface area contributed by atoms with Gasteiger partial charge in [0.1, 0.15) is 0 Å². The molecule has 1 amide bonds. The van der Waals surface area contributed by atoms with Crippen LogP contribution in [0.15, 0.2) is 29.4 Å². The van der Waals surface area contributed by atoms with Crippen molar-refractivity contribution in [3.63, 3.8) is 0 Å². The van der Waals surface area contributed by atoms with Crippen LogP contribution in [0.3, 0.4) is 0 Å². The molecule has 19 heavy (non-hydrogen) atoms. The summed E-state index contributed by atoms with van der Waals surface area (Å²) in [4.78, 5) is 12.6. The number of rotatable bonds is 2. The molecule has 0 saturated heterocycles. The standard InChI is InChI=1S/C11H13ClN2O4S/c1-14(2)11(15)10(13-16)19(17,18)7-8-3-5-9(12)6-4-8/h3-6,16H,7H2,1-2H3. The minimum Gasteiger partial charge on any atom is -0.410 e. The number of benzene rings is 1. The van der Waals surface area contributed by atoms with Crippen LogP contribution in [-0.2, 0) is 20.4 Å². The maximum absolute atomic E-state index is 12.0. The van der Waals surface area contributed by atoms with Crippen molar-refractivity contribution in [2.24, 2.45) is 5.16 Å². The zero-order valence-electron chi connectivity index (χ0n) is 10.4. The summed E-state index contributed by atoms with van der Waals surface area (Å²) in [6.07, 6.45) is 0. The first-order chi connectivity index (χ1) is 8.77. The first kappa shape index (κ1) is 15.5. The summed E-state index contributed by atoms with van der Waals surface area (Å²) in [6.45, 7) is 0.